The summed E-state index contributed by atoms with van der Waals surface area (Å²) in [4.78, 5) is 4.12. The first-order valence-electron chi connectivity index (χ1n) is 5.08. The van der Waals surface area contributed by atoms with Crippen LogP contribution in [-0.4, -0.2) is 9.55 Å². The molecule has 0 aliphatic rings. The summed E-state index contributed by atoms with van der Waals surface area (Å²) in [7, 11) is 0. The monoisotopic (exact) mass is 201 g/mol. The predicted octanol–water partition coefficient (Wildman–Crippen LogP) is 1.95. The number of aromatic nitrogens is 2. The van der Waals surface area contributed by atoms with E-state index in [2.05, 4.69) is 28.6 Å². The molecule has 0 spiro atoms. The molecular weight excluding hydrogens is 186 g/mol. The van der Waals surface area contributed by atoms with Crippen molar-refractivity contribution in [1.82, 2.24) is 9.55 Å². The van der Waals surface area contributed by atoms with Gasteiger partial charge in [0.15, 0.2) is 0 Å². The predicted molar refractivity (Wildman–Crippen MR) is 60.4 cm³/mol. The zero-order valence-electron chi connectivity index (χ0n) is 8.80. The van der Waals surface area contributed by atoms with Crippen molar-refractivity contribution in [3.05, 3.63) is 54.1 Å². The average Bonchev–Trinajstić information content (AvgIpc) is 2.77. The second-order valence-electron chi connectivity index (χ2n) is 3.58. The number of rotatable bonds is 3. The Balaban J connectivity index is 2.32. The Morgan fingerprint density at radius 3 is 2.73 bits per heavy atom. The lowest BCUT2D eigenvalue weighted by Gasteiger charge is -2.16. The molecule has 1 unspecified atom stereocenters. The van der Waals surface area contributed by atoms with Gasteiger partial charge < -0.3 is 10.3 Å². The second-order valence-corrected chi connectivity index (χ2v) is 3.58. The Hall–Kier alpha value is -1.61. The normalized spacial score (nSPS) is 12.7. The van der Waals surface area contributed by atoms with Gasteiger partial charge in [0.25, 0.3) is 0 Å². The third kappa shape index (κ3) is 1.92. The summed E-state index contributed by atoms with van der Waals surface area (Å²) in [5.41, 5.74) is 7.98. The van der Waals surface area contributed by atoms with E-state index in [1.807, 2.05) is 30.7 Å². The van der Waals surface area contributed by atoms with E-state index in [0.717, 1.165) is 5.69 Å². The highest BCUT2D eigenvalue weighted by Crippen LogP contribution is 2.18. The van der Waals surface area contributed by atoms with Gasteiger partial charge in [-0.2, -0.15) is 0 Å². The van der Waals surface area contributed by atoms with Gasteiger partial charge in [0, 0.05) is 12.7 Å². The molecule has 1 heterocycles. The highest BCUT2D eigenvalue weighted by molar-refractivity contribution is 5.20. The molecule has 0 aliphatic carbocycles. The molecule has 15 heavy (non-hydrogen) atoms. The molecule has 1 atom stereocenters. The molecule has 0 radical (unpaired) electrons. The van der Waals surface area contributed by atoms with Crippen LogP contribution in [0, 0.1) is 0 Å². The van der Waals surface area contributed by atoms with Gasteiger partial charge in [-0.25, -0.2) is 4.98 Å². The fourth-order valence-electron chi connectivity index (χ4n) is 1.73. The Morgan fingerprint density at radius 2 is 2.07 bits per heavy atom. The van der Waals surface area contributed by atoms with Gasteiger partial charge in [-0.3, -0.25) is 0 Å². The van der Waals surface area contributed by atoms with E-state index in [1.54, 1.807) is 0 Å². The second kappa shape index (κ2) is 4.28. The van der Waals surface area contributed by atoms with Gasteiger partial charge in [0.2, 0.25) is 0 Å². The number of nitrogens with two attached hydrogens (primary N) is 1. The van der Waals surface area contributed by atoms with Gasteiger partial charge in [-0.05, 0) is 12.5 Å². The molecule has 2 N–H and O–H groups in total. The van der Waals surface area contributed by atoms with Crippen LogP contribution in [0.5, 0.6) is 0 Å². The summed E-state index contributed by atoms with van der Waals surface area (Å²) in [6.45, 7) is 2.67. The Labute approximate surface area is 89.6 Å². The topological polar surface area (TPSA) is 43.8 Å². The van der Waals surface area contributed by atoms with Gasteiger partial charge >= 0.3 is 0 Å². The molecule has 3 heteroatoms. The average molecular weight is 201 g/mol. The third-order valence-corrected chi connectivity index (χ3v) is 2.65. The lowest BCUT2D eigenvalue weighted by Crippen LogP contribution is -2.11. The van der Waals surface area contributed by atoms with Crippen molar-refractivity contribution >= 4 is 0 Å². The van der Waals surface area contributed by atoms with E-state index in [0.29, 0.717) is 6.54 Å². The van der Waals surface area contributed by atoms with Crippen LogP contribution >= 0.6 is 0 Å². The van der Waals surface area contributed by atoms with E-state index in [1.165, 1.54) is 5.56 Å². The maximum absolute atomic E-state index is 5.65. The first-order valence-corrected chi connectivity index (χ1v) is 5.08. The van der Waals surface area contributed by atoms with Crippen LogP contribution in [0.3, 0.4) is 0 Å². The minimum absolute atomic E-state index is 0.284. The number of benzene rings is 1. The molecule has 2 rings (SSSR count). The lowest BCUT2D eigenvalue weighted by molar-refractivity contribution is 0.609. The molecule has 3 nitrogen and oxygen atoms in total. The molecular formula is C12H15N3. The summed E-state index contributed by atoms with van der Waals surface area (Å²) < 4.78 is 2.11. The first kappa shape index (κ1) is 9.93. The Morgan fingerprint density at radius 1 is 1.33 bits per heavy atom. The molecule has 0 bridgehead atoms. The highest BCUT2D eigenvalue weighted by Gasteiger charge is 2.09. The van der Waals surface area contributed by atoms with Crippen LogP contribution in [0.1, 0.15) is 24.2 Å². The quantitative estimate of drug-likeness (QED) is 0.824. The number of hydrogen-bond donors (Lipinski definition) is 1. The fourth-order valence-corrected chi connectivity index (χ4v) is 1.73. The van der Waals surface area contributed by atoms with Crippen molar-refractivity contribution in [2.75, 3.05) is 0 Å². The zero-order chi connectivity index (χ0) is 10.7. The molecule has 1 aromatic heterocycles. The SMILES string of the molecule is CC(c1ccccc1)n1cncc1CN. The largest absolute Gasteiger partial charge is 0.326 e. The fraction of sp³-hybridized carbons (Fsp3) is 0.250. The van der Waals surface area contributed by atoms with Crippen LogP contribution < -0.4 is 5.73 Å². The molecule has 0 aliphatic heterocycles. The van der Waals surface area contributed by atoms with Crippen LogP contribution in [0.2, 0.25) is 0 Å². The van der Waals surface area contributed by atoms with Crippen LogP contribution in [0.25, 0.3) is 0 Å². The smallest absolute Gasteiger partial charge is 0.0954 e. The zero-order valence-corrected chi connectivity index (χ0v) is 8.80. The van der Waals surface area contributed by atoms with Crippen molar-refractivity contribution in [2.45, 2.75) is 19.5 Å². The van der Waals surface area contributed by atoms with E-state index in [9.17, 15) is 0 Å². The van der Waals surface area contributed by atoms with Gasteiger partial charge in [0.1, 0.15) is 0 Å². The Kier molecular flexibility index (Phi) is 2.83. The van der Waals surface area contributed by atoms with E-state index in [-0.39, 0.29) is 6.04 Å². The van der Waals surface area contributed by atoms with Gasteiger partial charge in [-0.1, -0.05) is 30.3 Å². The molecule has 2 aromatic rings. The maximum atomic E-state index is 5.65. The van der Waals surface area contributed by atoms with Crippen molar-refractivity contribution in [1.29, 1.82) is 0 Å². The van der Waals surface area contributed by atoms with Crippen molar-refractivity contribution in [3.63, 3.8) is 0 Å². The van der Waals surface area contributed by atoms with E-state index in [4.69, 9.17) is 5.73 Å². The number of nitrogens with zero attached hydrogens (tertiary/aromatic N) is 2. The first-order chi connectivity index (χ1) is 7.33. The molecule has 0 amide bonds. The van der Waals surface area contributed by atoms with E-state index < -0.39 is 0 Å². The van der Waals surface area contributed by atoms with Crippen molar-refractivity contribution in [3.8, 4) is 0 Å². The van der Waals surface area contributed by atoms with Crippen molar-refractivity contribution < 1.29 is 0 Å². The van der Waals surface area contributed by atoms with Crippen LogP contribution in [-0.2, 0) is 6.54 Å². The maximum Gasteiger partial charge on any atom is 0.0954 e. The highest BCUT2D eigenvalue weighted by atomic mass is 15.1. The number of hydrogen-bond acceptors (Lipinski definition) is 2. The van der Waals surface area contributed by atoms with Crippen LogP contribution in [0.4, 0.5) is 0 Å². The minimum Gasteiger partial charge on any atom is -0.326 e. The number of imidazole rings is 1. The third-order valence-electron chi connectivity index (χ3n) is 2.65. The molecule has 0 fully saturated rings. The summed E-state index contributed by atoms with van der Waals surface area (Å²) in [5, 5.41) is 0. The van der Waals surface area contributed by atoms with Crippen molar-refractivity contribution in [2.24, 2.45) is 5.73 Å². The van der Waals surface area contributed by atoms with Crippen LogP contribution in [0.15, 0.2) is 42.9 Å². The summed E-state index contributed by atoms with van der Waals surface area (Å²) in [5.74, 6) is 0. The van der Waals surface area contributed by atoms with Gasteiger partial charge in [-0.15, -0.1) is 0 Å². The van der Waals surface area contributed by atoms with E-state index >= 15 is 0 Å². The molecule has 0 saturated heterocycles. The molecule has 1 aromatic carbocycles. The standard InChI is InChI=1S/C12H15N3/c1-10(11-5-3-2-4-6-11)15-9-14-8-12(15)7-13/h2-6,8-10H,7,13H2,1H3. The summed E-state index contributed by atoms with van der Waals surface area (Å²) >= 11 is 0. The molecule has 0 saturated carbocycles. The summed E-state index contributed by atoms with van der Waals surface area (Å²) in [6, 6.07) is 10.6. The minimum atomic E-state index is 0.284. The Bertz CT molecular complexity index is 419. The lowest BCUT2D eigenvalue weighted by atomic mass is 10.1. The molecule has 78 valence electrons. The van der Waals surface area contributed by atoms with Gasteiger partial charge in [0.05, 0.1) is 18.1 Å². The summed E-state index contributed by atoms with van der Waals surface area (Å²) in [6.07, 6.45) is 3.65.